The van der Waals surface area contributed by atoms with Crippen molar-refractivity contribution in [1.29, 1.82) is 0 Å². The van der Waals surface area contributed by atoms with Crippen LogP contribution in [-0.4, -0.2) is 24.3 Å². The Kier molecular flexibility index (Phi) is 3.13. The number of fused-ring (bicyclic) bond motifs is 1. The summed E-state index contributed by atoms with van der Waals surface area (Å²) < 4.78 is 10.4. The Bertz CT molecular complexity index is 539. The Labute approximate surface area is 103 Å². The first-order valence-corrected chi connectivity index (χ1v) is 5.12. The summed E-state index contributed by atoms with van der Waals surface area (Å²) in [6.45, 7) is 1.87. The summed E-state index contributed by atoms with van der Waals surface area (Å²) in [7, 11) is 0. The lowest BCUT2D eigenvalue weighted by Gasteiger charge is -2.02. The van der Waals surface area contributed by atoms with Gasteiger partial charge < -0.3 is 15.2 Å². The zero-order valence-electron chi connectivity index (χ0n) is 9.60. The number of nitrogens with zero attached hydrogens (tertiary/aromatic N) is 1. The number of benzene rings is 1. The molecule has 1 aromatic carbocycles. The molecule has 1 heterocycles. The minimum atomic E-state index is -1.09. The summed E-state index contributed by atoms with van der Waals surface area (Å²) in [6, 6.07) is 5.24. The van der Waals surface area contributed by atoms with Crippen LogP contribution in [0.15, 0.2) is 23.3 Å². The van der Waals surface area contributed by atoms with E-state index in [2.05, 4.69) is 10.5 Å². The molecule has 2 rings (SSSR count). The van der Waals surface area contributed by atoms with Crippen LogP contribution in [-0.2, 0) is 9.59 Å². The van der Waals surface area contributed by atoms with Gasteiger partial charge in [-0.2, -0.15) is 5.10 Å². The van der Waals surface area contributed by atoms with Gasteiger partial charge >= 0.3 is 11.8 Å². The van der Waals surface area contributed by atoms with Gasteiger partial charge in [0.1, 0.15) is 0 Å². The Morgan fingerprint density at radius 1 is 1.33 bits per heavy atom. The van der Waals surface area contributed by atoms with Crippen LogP contribution in [0.3, 0.4) is 0 Å². The molecule has 0 fully saturated rings. The number of hydrogen-bond donors (Lipinski definition) is 2. The molecule has 0 radical (unpaired) electrons. The lowest BCUT2D eigenvalue weighted by molar-refractivity contribution is -0.137. The van der Waals surface area contributed by atoms with Crippen molar-refractivity contribution < 1.29 is 19.1 Å². The summed E-state index contributed by atoms with van der Waals surface area (Å²) in [5.41, 5.74) is 8.08. The van der Waals surface area contributed by atoms with E-state index in [0.29, 0.717) is 17.2 Å². The van der Waals surface area contributed by atoms with E-state index in [9.17, 15) is 9.59 Å². The third kappa shape index (κ3) is 2.40. The third-order valence-corrected chi connectivity index (χ3v) is 2.34. The number of carbonyl (C=O) groups is 2. The molecule has 2 amide bonds. The first kappa shape index (κ1) is 11.9. The molecule has 94 valence electrons. The van der Waals surface area contributed by atoms with Crippen LogP contribution in [0.1, 0.15) is 12.5 Å². The number of amides is 2. The molecule has 3 N–H and O–H groups in total. The molecule has 1 aromatic rings. The molecular formula is C11H11N3O4. The van der Waals surface area contributed by atoms with Crippen LogP contribution < -0.4 is 20.6 Å². The van der Waals surface area contributed by atoms with Gasteiger partial charge in [0.25, 0.3) is 0 Å². The number of carbonyl (C=O) groups excluding carboxylic acids is 2. The summed E-state index contributed by atoms with van der Waals surface area (Å²) in [4.78, 5) is 21.4. The van der Waals surface area contributed by atoms with Crippen molar-refractivity contribution in [1.82, 2.24) is 5.43 Å². The number of nitrogens with two attached hydrogens (primary N) is 1. The average molecular weight is 249 g/mol. The van der Waals surface area contributed by atoms with E-state index in [1.165, 1.54) is 0 Å². The van der Waals surface area contributed by atoms with Gasteiger partial charge in [0.15, 0.2) is 11.5 Å². The lowest BCUT2D eigenvalue weighted by atomic mass is 10.1. The second-order valence-electron chi connectivity index (χ2n) is 3.57. The fourth-order valence-corrected chi connectivity index (χ4v) is 1.38. The topological polar surface area (TPSA) is 103 Å². The van der Waals surface area contributed by atoms with Crippen molar-refractivity contribution in [2.45, 2.75) is 6.92 Å². The lowest BCUT2D eigenvalue weighted by Crippen LogP contribution is -2.33. The summed E-state index contributed by atoms with van der Waals surface area (Å²) in [6.07, 6.45) is 0. The van der Waals surface area contributed by atoms with E-state index in [0.717, 1.165) is 5.56 Å². The third-order valence-electron chi connectivity index (χ3n) is 2.34. The SMILES string of the molecule is CC(=NNC(=O)C(N)=O)c1ccc2c(c1)OCO2. The Morgan fingerprint density at radius 3 is 2.78 bits per heavy atom. The molecule has 0 aliphatic carbocycles. The highest BCUT2D eigenvalue weighted by atomic mass is 16.7. The maximum absolute atomic E-state index is 10.9. The van der Waals surface area contributed by atoms with Gasteiger partial charge in [-0.05, 0) is 25.1 Å². The number of ether oxygens (including phenoxy) is 2. The van der Waals surface area contributed by atoms with Crippen molar-refractivity contribution in [3.05, 3.63) is 23.8 Å². The van der Waals surface area contributed by atoms with Crippen LogP contribution in [0.25, 0.3) is 0 Å². The Balaban J connectivity index is 2.13. The van der Waals surface area contributed by atoms with Gasteiger partial charge in [0, 0.05) is 5.56 Å². The van der Waals surface area contributed by atoms with Crippen molar-refractivity contribution in [2.75, 3.05) is 6.79 Å². The molecule has 1 aliphatic heterocycles. The van der Waals surface area contributed by atoms with Crippen LogP contribution in [0.4, 0.5) is 0 Å². The largest absolute Gasteiger partial charge is 0.454 e. The normalized spacial score (nSPS) is 13.3. The van der Waals surface area contributed by atoms with E-state index in [1.807, 2.05) is 0 Å². The fourth-order valence-electron chi connectivity index (χ4n) is 1.38. The first-order valence-electron chi connectivity index (χ1n) is 5.12. The smallest absolute Gasteiger partial charge is 0.329 e. The highest BCUT2D eigenvalue weighted by Gasteiger charge is 2.14. The van der Waals surface area contributed by atoms with Gasteiger partial charge in [0.05, 0.1) is 5.71 Å². The summed E-state index contributed by atoms with van der Waals surface area (Å²) in [5.74, 6) is -0.775. The molecule has 0 spiro atoms. The molecule has 0 aromatic heterocycles. The quantitative estimate of drug-likeness (QED) is 0.428. The summed E-state index contributed by atoms with van der Waals surface area (Å²) in [5, 5.41) is 3.76. The average Bonchev–Trinajstić information content (AvgIpc) is 2.82. The molecule has 18 heavy (non-hydrogen) atoms. The fraction of sp³-hybridized carbons (Fsp3) is 0.182. The van der Waals surface area contributed by atoms with Crippen molar-refractivity contribution >= 4 is 17.5 Å². The molecule has 7 heteroatoms. The number of hydrogen-bond acceptors (Lipinski definition) is 5. The predicted molar refractivity (Wildman–Crippen MR) is 62.1 cm³/mol. The van der Waals surface area contributed by atoms with E-state index < -0.39 is 11.8 Å². The van der Waals surface area contributed by atoms with E-state index in [-0.39, 0.29) is 6.79 Å². The van der Waals surface area contributed by atoms with E-state index in [4.69, 9.17) is 15.2 Å². The molecule has 1 aliphatic rings. The second kappa shape index (κ2) is 4.74. The maximum Gasteiger partial charge on any atom is 0.329 e. The maximum atomic E-state index is 10.9. The molecule has 0 unspecified atom stereocenters. The van der Waals surface area contributed by atoms with Gasteiger partial charge in [-0.3, -0.25) is 9.59 Å². The Morgan fingerprint density at radius 2 is 2.06 bits per heavy atom. The highest BCUT2D eigenvalue weighted by Crippen LogP contribution is 2.32. The van der Waals surface area contributed by atoms with E-state index >= 15 is 0 Å². The predicted octanol–water partition coefficient (Wildman–Crippen LogP) is -0.259. The monoisotopic (exact) mass is 249 g/mol. The van der Waals surface area contributed by atoms with Gasteiger partial charge in [-0.15, -0.1) is 0 Å². The van der Waals surface area contributed by atoms with Gasteiger partial charge in [-0.1, -0.05) is 0 Å². The Hall–Kier alpha value is -2.57. The van der Waals surface area contributed by atoms with Crippen LogP contribution in [0, 0.1) is 0 Å². The number of rotatable bonds is 2. The van der Waals surface area contributed by atoms with Crippen LogP contribution in [0.5, 0.6) is 11.5 Å². The van der Waals surface area contributed by atoms with Crippen LogP contribution in [0.2, 0.25) is 0 Å². The molecule has 0 saturated heterocycles. The minimum absolute atomic E-state index is 0.188. The number of primary amides is 1. The van der Waals surface area contributed by atoms with Gasteiger partial charge in [-0.25, -0.2) is 5.43 Å². The van der Waals surface area contributed by atoms with Crippen molar-refractivity contribution in [3.63, 3.8) is 0 Å². The first-order chi connectivity index (χ1) is 8.58. The number of hydrazone groups is 1. The van der Waals surface area contributed by atoms with Gasteiger partial charge in [0.2, 0.25) is 6.79 Å². The number of nitrogens with one attached hydrogen (secondary N) is 1. The van der Waals surface area contributed by atoms with Crippen molar-refractivity contribution in [3.8, 4) is 11.5 Å². The molecule has 0 saturated carbocycles. The van der Waals surface area contributed by atoms with E-state index in [1.54, 1.807) is 25.1 Å². The second-order valence-corrected chi connectivity index (χ2v) is 3.57. The zero-order valence-corrected chi connectivity index (χ0v) is 9.60. The molecule has 0 atom stereocenters. The standard InChI is InChI=1S/C11H11N3O4/c1-6(13-14-11(16)10(12)15)7-2-3-8-9(4-7)18-5-17-8/h2-4H,5H2,1H3,(H2,12,15)(H,14,16). The summed E-state index contributed by atoms with van der Waals surface area (Å²) >= 11 is 0. The zero-order chi connectivity index (χ0) is 13.1. The van der Waals surface area contributed by atoms with Crippen LogP contribution >= 0.6 is 0 Å². The minimum Gasteiger partial charge on any atom is -0.454 e. The molecule has 0 bridgehead atoms. The highest BCUT2D eigenvalue weighted by molar-refractivity contribution is 6.34. The molecular weight excluding hydrogens is 238 g/mol. The van der Waals surface area contributed by atoms with Crippen molar-refractivity contribution in [2.24, 2.45) is 10.8 Å². The molecule has 7 nitrogen and oxygen atoms in total.